The van der Waals surface area contributed by atoms with Gasteiger partial charge in [-0.15, -0.1) is 0 Å². The summed E-state index contributed by atoms with van der Waals surface area (Å²) < 4.78 is -0.788. The maximum Gasteiger partial charge on any atom is 0.325 e. The molecule has 1 unspecified atom stereocenters. The molecule has 0 amide bonds. The lowest BCUT2D eigenvalue weighted by molar-refractivity contribution is -0.140. The molecule has 1 heterocycles. The van der Waals surface area contributed by atoms with Crippen LogP contribution < -0.4 is 10.6 Å². The molecule has 0 aliphatic carbocycles. The Kier molecular flexibility index (Phi) is 8.04. The van der Waals surface area contributed by atoms with Crippen molar-refractivity contribution in [1.82, 2.24) is 5.32 Å². The smallest absolute Gasteiger partial charge is 0.325 e. The van der Waals surface area contributed by atoms with Crippen molar-refractivity contribution < 1.29 is 9.53 Å². The van der Waals surface area contributed by atoms with Gasteiger partial charge in [0.1, 0.15) is 12.4 Å². The molecule has 0 bridgehead atoms. The molecule has 0 radical (unpaired) electrons. The zero-order valence-electron chi connectivity index (χ0n) is 14.1. The molecule has 1 aliphatic rings. The number of hydrogen-bond donors (Lipinski definition) is 2. The minimum Gasteiger partial charge on any atom is -0.465 e. The van der Waals surface area contributed by atoms with Crippen LogP contribution in [-0.2, 0) is 9.53 Å². The lowest BCUT2D eigenvalue weighted by atomic mass is 10.1. The SMILES string of the molecule is CCOC(=O)CNc1ccccc1C1=NC(Br)(C(Cl)(Cl)Cl)N=C(C(Cl)(Cl)Cl)N1. The number of esters is 1. The van der Waals surface area contributed by atoms with E-state index in [9.17, 15) is 4.79 Å². The van der Waals surface area contributed by atoms with Gasteiger partial charge >= 0.3 is 5.97 Å². The molecule has 0 fully saturated rings. The molecule has 1 aromatic carbocycles. The van der Waals surface area contributed by atoms with Crippen molar-refractivity contribution in [1.29, 1.82) is 0 Å². The number of aliphatic imine (C=N–C) groups is 2. The summed E-state index contributed by atoms with van der Waals surface area (Å²) in [4.78, 5) is 20.1. The molecule has 0 saturated carbocycles. The highest BCUT2D eigenvalue weighted by Crippen LogP contribution is 2.48. The molecule has 28 heavy (non-hydrogen) atoms. The zero-order valence-corrected chi connectivity index (χ0v) is 20.2. The van der Waals surface area contributed by atoms with E-state index in [2.05, 4.69) is 36.5 Å². The summed E-state index contributed by atoms with van der Waals surface area (Å²) >= 11 is 39.2. The molecule has 0 saturated heterocycles. The van der Waals surface area contributed by atoms with Crippen LogP contribution in [0.1, 0.15) is 12.5 Å². The Labute approximate surface area is 200 Å². The highest BCUT2D eigenvalue weighted by molar-refractivity contribution is 9.10. The number of halogens is 7. The molecule has 13 heteroatoms. The number of para-hydroxylation sites is 1. The summed E-state index contributed by atoms with van der Waals surface area (Å²) in [5.74, 6) is -0.326. The molecule has 1 aromatic rings. The van der Waals surface area contributed by atoms with E-state index in [1.807, 2.05) is 0 Å². The minimum atomic E-state index is -2.01. The first kappa shape index (κ1) is 24.1. The Bertz CT molecular complexity index is 808. The molecule has 0 spiro atoms. The third-order valence-corrected chi connectivity index (χ3v) is 6.26. The van der Waals surface area contributed by atoms with E-state index >= 15 is 0 Å². The van der Waals surface area contributed by atoms with E-state index < -0.39 is 18.1 Å². The fourth-order valence-corrected chi connectivity index (χ4v) is 2.98. The van der Waals surface area contributed by atoms with E-state index in [-0.39, 0.29) is 24.8 Å². The Balaban J connectivity index is 2.45. The summed E-state index contributed by atoms with van der Waals surface area (Å²) in [6, 6.07) is 6.96. The van der Waals surface area contributed by atoms with E-state index in [1.54, 1.807) is 31.2 Å². The summed E-state index contributed by atoms with van der Waals surface area (Å²) in [5, 5.41) is 5.80. The van der Waals surface area contributed by atoms with Crippen LogP contribution in [0.2, 0.25) is 0 Å². The van der Waals surface area contributed by atoms with Crippen LogP contribution in [0.15, 0.2) is 34.3 Å². The predicted molar refractivity (Wildman–Crippen MR) is 121 cm³/mol. The second kappa shape index (κ2) is 9.33. The average molecular weight is 574 g/mol. The van der Waals surface area contributed by atoms with Gasteiger partial charge in [0.25, 0.3) is 4.57 Å². The van der Waals surface area contributed by atoms with Crippen molar-refractivity contribution in [3.8, 4) is 0 Å². The van der Waals surface area contributed by atoms with E-state index in [4.69, 9.17) is 74.3 Å². The maximum absolute atomic E-state index is 11.7. The van der Waals surface area contributed by atoms with Crippen molar-refractivity contribution in [3.05, 3.63) is 29.8 Å². The van der Waals surface area contributed by atoms with Crippen LogP contribution in [0.25, 0.3) is 0 Å². The van der Waals surface area contributed by atoms with Crippen molar-refractivity contribution in [2.24, 2.45) is 9.98 Å². The summed E-state index contributed by atoms with van der Waals surface area (Å²) in [6.07, 6.45) is 0. The van der Waals surface area contributed by atoms with Gasteiger partial charge in [0.05, 0.1) is 6.61 Å². The molecule has 154 valence electrons. The van der Waals surface area contributed by atoms with Crippen molar-refractivity contribution in [3.63, 3.8) is 0 Å². The highest BCUT2D eigenvalue weighted by Gasteiger charge is 2.51. The fraction of sp³-hybridized carbons (Fsp3) is 0.400. The van der Waals surface area contributed by atoms with Crippen LogP contribution in [0.5, 0.6) is 0 Å². The number of rotatable bonds is 5. The van der Waals surface area contributed by atoms with Gasteiger partial charge in [-0.25, -0.2) is 9.98 Å². The van der Waals surface area contributed by atoms with Gasteiger partial charge in [0, 0.05) is 11.3 Å². The molecule has 1 atom stereocenters. The van der Waals surface area contributed by atoms with E-state index in [0.29, 0.717) is 11.3 Å². The van der Waals surface area contributed by atoms with Crippen LogP contribution >= 0.6 is 85.5 Å². The van der Waals surface area contributed by atoms with Gasteiger partial charge < -0.3 is 15.4 Å². The summed E-state index contributed by atoms with van der Waals surface area (Å²) in [5.41, 5.74) is 1.07. The van der Waals surface area contributed by atoms with E-state index in [0.717, 1.165) is 0 Å². The standard InChI is InChI=1S/C15H13BrCl6N4O2/c1-2-28-10(27)7-23-9-6-4-3-5-8(9)11-24-12(13(17,18)19)26-14(16,25-11)15(20,21)22/h3-6,23H,2,7H2,1H3,(H,24,25,26). The summed E-state index contributed by atoms with van der Waals surface area (Å²) in [6.45, 7) is 1.93. The molecular weight excluding hydrogens is 561 g/mol. The molecule has 2 N–H and O–H groups in total. The van der Waals surface area contributed by atoms with Gasteiger partial charge in [0.2, 0.25) is 7.59 Å². The van der Waals surface area contributed by atoms with Gasteiger partial charge in [0.15, 0.2) is 5.84 Å². The number of anilines is 1. The molecule has 0 aromatic heterocycles. The van der Waals surface area contributed by atoms with Gasteiger partial charge in [-0.05, 0) is 35.0 Å². The summed E-state index contributed by atoms with van der Waals surface area (Å²) in [7, 11) is 0. The lowest BCUT2D eigenvalue weighted by Gasteiger charge is -2.34. The normalized spacial score (nSPS) is 20.0. The number of carbonyl (C=O) groups excluding carboxylic acids is 1. The zero-order chi connectivity index (χ0) is 21.2. The number of ether oxygens (including phenoxy) is 1. The Morgan fingerprint density at radius 2 is 1.86 bits per heavy atom. The number of nitrogens with one attached hydrogen (secondary N) is 2. The number of amidine groups is 2. The van der Waals surface area contributed by atoms with Crippen LogP contribution in [0, 0.1) is 0 Å². The van der Waals surface area contributed by atoms with Crippen LogP contribution in [-0.4, -0.2) is 42.9 Å². The second-order valence-electron chi connectivity index (χ2n) is 5.33. The average Bonchev–Trinajstić information content (AvgIpc) is 2.58. The van der Waals surface area contributed by atoms with Crippen molar-refractivity contribution in [2.75, 3.05) is 18.5 Å². The maximum atomic E-state index is 11.7. The highest BCUT2D eigenvalue weighted by atomic mass is 79.9. The monoisotopic (exact) mass is 570 g/mol. The number of nitrogens with zero attached hydrogens (tertiary/aromatic N) is 2. The first-order chi connectivity index (χ1) is 12.9. The Morgan fingerprint density at radius 3 is 2.43 bits per heavy atom. The van der Waals surface area contributed by atoms with E-state index in [1.165, 1.54) is 0 Å². The number of benzene rings is 1. The lowest BCUT2D eigenvalue weighted by Crippen LogP contribution is -2.49. The number of carbonyl (C=O) groups is 1. The Hall–Kier alpha value is -0.150. The fourth-order valence-electron chi connectivity index (χ4n) is 2.10. The third kappa shape index (κ3) is 5.94. The largest absolute Gasteiger partial charge is 0.465 e. The number of alkyl halides is 7. The van der Waals surface area contributed by atoms with Gasteiger partial charge in [-0.3, -0.25) is 4.79 Å². The van der Waals surface area contributed by atoms with Gasteiger partial charge in [-0.2, -0.15) is 0 Å². The van der Waals surface area contributed by atoms with Crippen LogP contribution in [0.4, 0.5) is 5.69 Å². The predicted octanol–water partition coefficient (Wildman–Crippen LogP) is 5.20. The van der Waals surface area contributed by atoms with Gasteiger partial charge in [-0.1, -0.05) is 81.7 Å². The van der Waals surface area contributed by atoms with Crippen molar-refractivity contribution >= 4 is 109 Å². The number of hydrogen-bond acceptors (Lipinski definition) is 6. The quantitative estimate of drug-likeness (QED) is 0.289. The first-order valence-electron chi connectivity index (χ1n) is 7.66. The van der Waals surface area contributed by atoms with Crippen molar-refractivity contribution in [2.45, 2.75) is 19.1 Å². The first-order valence-corrected chi connectivity index (χ1v) is 10.7. The van der Waals surface area contributed by atoms with Crippen LogP contribution in [0.3, 0.4) is 0 Å². The minimum absolute atomic E-state index is 0.0621. The topological polar surface area (TPSA) is 75.1 Å². The molecule has 2 rings (SSSR count). The Morgan fingerprint density at radius 1 is 1.21 bits per heavy atom. The molecule has 1 aliphatic heterocycles. The third-order valence-electron chi connectivity index (χ3n) is 3.30. The second-order valence-corrected chi connectivity index (χ2v) is 11.0. The molecular formula is C15H13BrCl6N4O2. The molecule has 6 nitrogen and oxygen atoms in total.